The average molecular weight is 474 g/mol. The highest BCUT2D eigenvalue weighted by Gasteiger charge is 2.49. The zero-order valence-corrected chi connectivity index (χ0v) is 20.2. The van der Waals surface area contributed by atoms with Gasteiger partial charge in [0, 0.05) is 18.7 Å². The molecule has 7 heteroatoms. The van der Waals surface area contributed by atoms with E-state index in [1.807, 2.05) is 54.0 Å². The standard InChI is InChI=1S/C28H31N3O4/c1-19-14-20(10-11-25(19)35-2)16-30-18-29-22-17-31(24(26(32)33)15-23(22)30)27(34)28(12-6-7-13-28)21-8-4-3-5-9-21/h3-5,8-11,14,18,24H,6-7,12-13,15-17H2,1-2H3,(H,32,33)/t24-/m0/s1. The zero-order chi connectivity index (χ0) is 24.6. The van der Waals surface area contributed by atoms with Gasteiger partial charge in [-0.05, 0) is 42.5 Å². The van der Waals surface area contributed by atoms with Crippen LogP contribution in [-0.2, 0) is 34.5 Å². The first kappa shape index (κ1) is 23.1. The van der Waals surface area contributed by atoms with E-state index in [4.69, 9.17) is 4.74 Å². The first-order valence-corrected chi connectivity index (χ1v) is 12.2. The number of imidazole rings is 1. The van der Waals surface area contributed by atoms with Gasteiger partial charge in [-0.1, -0.05) is 55.3 Å². The predicted molar refractivity (Wildman–Crippen MR) is 131 cm³/mol. The molecule has 1 atom stereocenters. The van der Waals surface area contributed by atoms with Gasteiger partial charge in [0.1, 0.15) is 11.8 Å². The van der Waals surface area contributed by atoms with Crippen LogP contribution >= 0.6 is 0 Å². The summed E-state index contributed by atoms with van der Waals surface area (Å²) in [6.07, 6.45) is 5.43. The Labute approximate surface area is 205 Å². The lowest BCUT2D eigenvalue weighted by molar-refractivity contribution is -0.154. The molecule has 182 valence electrons. The number of nitrogens with zero attached hydrogens (tertiary/aromatic N) is 3. The number of aliphatic carboxylic acids is 1. The number of carboxylic acids is 1. The summed E-state index contributed by atoms with van der Waals surface area (Å²) in [4.78, 5) is 32.6. The maximum atomic E-state index is 14.1. The van der Waals surface area contributed by atoms with E-state index in [1.165, 1.54) is 0 Å². The van der Waals surface area contributed by atoms with Crippen LogP contribution in [0.3, 0.4) is 0 Å². The third kappa shape index (κ3) is 4.09. The van der Waals surface area contributed by atoms with Crippen molar-refractivity contribution in [3.8, 4) is 5.75 Å². The Morgan fingerprint density at radius 2 is 1.89 bits per heavy atom. The van der Waals surface area contributed by atoms with Crippen LogP contribution in [0.15, 0.2) is 54.9 Å². The van der Waals surface area contributed by atoms with Crippen LogP contribution in [0, 0.1) is 6.92 Å². The lowest BCUT2D eigenvalue weighted by Gasteiger charge is -2.40. The molecular weight excluding hydrogens is 442 g/mol. The molecular formula is C28H31N3O4. The van der Waals surface area contributed by atoms with Crippen molar-refractivity contribution in [2.24, 2.45) is 0 Å². The smallest absolute Gasteiger partial charge is 0.326 e. The van der Waals surface area contributed by atoms with Crippen molar-refractivity contribution in [3.05, 3.63) is 82.9 Å². The van der Waals surface area contributed by atoms with Gasteiger partial charge in [0.05, 0.1) is 31.1 Å². The van der Waals surface area contributed by atoms with Crippen molar-refractivity contribution in [1.29, 1.82) is 0 Å². The van der Waals surface area contributed by atoms with E-state index >= 15 is 0 Å². The molecule has 1 saturated carbocycles. The van der Waals surface area contributed by atoms with Crippen LogP contribution in [0.25, 0.3) is 0 Å². The maximum absolute atomic E-state index is 14.1. The molecule has 2 heterocycles. The number of benzene rings is 2. The minimum absolute atomic E-state index is 0.0837. The molecule has 1 aromatic heterocycles. The van der Waals surface area contributed by atoms with E-state index in [2.05, 4.69) is 11.1 Å². The van der Waals surface area contributed by atoms with Crippen LogP contribution in [0.2, 0.25) is 0 Å². The first-order valence-electron chi connectivity index (χ1n) is 12.2. The van der Waals surface area contributed by atoms with Gasteiger partial charge in [0.2, 0.25) is 5.91 Å². The SMILES string of the molecule is COc1ccc(Cn2cnc3c2C[C@@H](C(=O)O)N(C(=O)C2(c4ccccc4)CCCC2)C3)cc1C. The molecule has 0 unspecified atom stereocenters. The molecule has 1 fully saturated rings. The summed E-state index contributed by atoms with van der Waals surface area (Å²) in [7, 11) is 1.65. The molecule has 0 radical (unpaired) electrons. The molecule has 1 aliphatic heterocycles. The Hall–Kier alpha value is -3.61. The minimum atomic E-state index is -0.974. The Kier molecular flexibility index (Phi) is 6.09. The Balaban J connectivity index is 1.45. The lowest BCUT2D eigenvalue weighted by Crippen LogP contribution is -2.55. The maximum Gasteiger partial charge on any atom is 0.326 e. The van der Waals surface area contributed by atoms with Crippen LogP contribution in [0.5, 0.6) is 5.75 Å². The molecule has 0 bridgehead atoms. The van der Waals surface area contributed by atoms with Gasteiger partial charge < -0.3 is 19.3 Å². The van der Waals surface area contributed by atoms with E-state index in [1.54, 1.807) is 18.3 Å². The zero-order valence-electron chi connectivity index (χ0n) is 20.2. The van der Waals surface area contributed by atoms with Crippen molar-refractivity contribution < 1.29 is 19.4 Å². The van der Waals surface area contributed by atoms with E-state index in [-0.39, 0.29) is 18.9 Å². The summed E-state index contributed by atoms with van der Waals surface area (Å²) >= 11 is 0. The highest BCUT2D eigenvalue weighted by Crippen LogP contribution is 2.44. The Bertz CT molecular complexity index is 1240. The van der Waals surface area contributed by atoms with Gasteiger partial charge in [-0.2, -0.15) is 0 Å². The summed E-state index contributed by atoms with van der Waals surface area (Å²) in [6.45, 7) is 2.80. The third-order valence-electron chi connectivity index (χ3n) is 7.67. The van der Waals surface area contributed by atoms with Gasteiger partial charge in [-0.15, -0.1) is 0 Å². The number of aryl methyl sites for hydroxylation is 1. The van der Waals surface area contributed by atoms with E-state index in [0.717, 1.165) is 59.5 Å². The number of hydrogen-bond acceptors (Lipinski definition) is 4. The van der Waals surface area contributed by atoms with Gasteiger partial charge in [-0.3, -0.25) is 4.79 Å². The fraction of sp³-hybridized carbons (Fsp3) is 0.393. The van der Waals surface area contributed by atoms with Crippen molar-refractivity contribution in [2.75, 3.05) is 7.11 Å². The number of ether oxygens (including phenoxy) is 1. The third-order valence-corrected chi connectivity index (χ3v) is 7.67. The second-order valence-corrected chi connectivity index (χ2v) is 9.72. The molecule has 0 spiro atoms. The number of fused-ring (bicyclic) bond motifs is 1. The van der Waals surface area contributed by atoms with Gasteiger partial charge in [0.25, 0.3) is 0 Å². The number of aromatic nitrogens is 2. The highest BCUT2D eigenvalue weighted by atomic mass is 16.5. The monoisotopic (exact) mass is 473 g/mol. The van der Waals surface area contributed by atoms with Crippen LogP contribution in [0.1, 0.15) is 53.8 Å². The van der Waals surface area contributed by atoms with Crippen molar-refractivity contribution in [2.45, 2.75) is 63.6 Å². The van der Waals surface area contributed by atoms with Crippen molar-refractivity contribution >= 4 is 11.9 Å². The number of rotatable bonds is 6. The van der Waals surface area contributed by atoms with Gasteiger partial charge in [-0.25, -0.2) is 9.78 Å². The summed E-state index contributed by atoms with van der Waals surface area (Å²) in [5, 5.41) is 10.2. The molecule has 7 nitrogen and oxygen atoms in total. The molecule has 0 saturated heterocycles. The Morgan fingerprint density at radius 3 is 2.54 bits per heavy atom. The summed E-state index contributed by atoms with van der Waals surface area (Å²) in [5.41, 5.74) is 4.12. The van der Waals surface area contributed by atoms with Gasteiger partial charge in [0.15, 0.2) is 0 Å². The molecule has 1 N–H and O–H groups in total. The molecule has 1 amide bonds. The summed E-state index contributed by atoms with van der Waals surface area (Å²) in [6, 6.07) is 15.0. The number of carbonyl (C=O) groups excluding carboxylic acids is 1. The molecule has 2 aromatic carbocycles. The molecule has 1 aliphatic carbocycles. The number of methoxy groups -OCH3 is 1. The van der Waals surface area contributed by atoms with Crippen LogP contribution in [-0.4, -0.2) is 44.6 Å². The van der Waals surface area contributed by atoms with Crippen LogP contribution in [0.4, 0.5) is 0 Å². The molecule has 35 heavy (non-hydrogen) atoms. The first-order chi connectivity index (χ1) is 16.9. The van der Waals surface area contributed by atoms with Gasteiger partial charge >= 0.3 is 5.97 Å². The minimum Gasteiger partial charge on any atom is -0.496 e. The van der Waals surface area contributed by atoms with E-state index < -0.39 is 17.4 Å². The number of amides is 1. The fourth-order valence-electron chi connectivity index (χ4n) is 5.82. The predicted octanol–water partition coefficient (Wildman–Crippen LogP) is 4.10. The summed E-state index contributed by atoms with van der Waals surface area (Å²) in [5.74, 6) is -0.224. The van der Waals surface area contributed by atoms with E-state index in [9.17, 15) is 14.7 Å². The number of carboxylic acid groups (broad SMARTS) is 1. The second kappa shape index (κ2) is 9.21. The van der Waals surface area contributed by atoms with Crippen molar-refractivity contribution in [1.82, 2.24) is 14.5 Å². The Morgan fingerprint density at radius 1 is 1.14 bits per heavy atom. The fourth-order valence-corrected chi connectivity index (χ4v) is 5.82. The van der Waals surface area contributed by atoms with E-state index in [0.29, 0.717) is 6.54 Å². The number of hydrogen-bond donors (Lipinski definition) is 1. The molecule has 5 rings (SSSR count). The summed E-state index contributed by atoms with van der Waals surface area (Å²) < 4.78 is 7.37. The lowest BCUT2D eigenvalue weighted by atomic mass is 9.76. The average Bonchev–Trinajstić information content (AvgIpc) is 3.52. The van der Waals surface area contributed by atoms with Crippen molar-refractivity contribution in [3.63, 3.8) is 0 Å². The second-order valence-electron chi connectivity index (χ2n) is 9.72. The highest BCUT2D eigenvalue weighted by molar-refractivity contribution is 5.92. The number of carbonyl (C=O) groups is 2. The topological polar surface area (TPSA) is 84.7 Å². The van der Waals surface area contributed by atoms with Crippen LogP contribution < -0.4 is 4.74 Å². The quantitative estimate of drug-likeness (QED) is 0.583. The largest absolute Gasteiger partial charge is 0.496 e. The molecule has 3 aromatic rings. The molecule has 2 aliphatic rings. The normalized spacial score (nSPS) is 18.8.